The normalized spacial score (nSPS) is 14.5. The fraction of sp³-hybridized carbons (Fsp3) is 0.300. The lowest BCUT2D eigenvalue weighted by Gasteiger charge is -2.28. The van der Waals surface area contributed by atoms with Crippen molar-refractivity contribution in [2.24, 2.45) is 0 Å². The molecule has 1 aliphatic rings. The summed E-state index contributed by atoms with van der Waals surface area (Å²) in [6.45, 7) is 2.72. The second-order valence-electron chi connectivity index (χ2n) is 6.36. The Balaban J connectivity index is 1.72. The molecule has 0 aromatic heterocycles. The Morgan fingerprint density at radius 1 is 1.16 bits per heavy atom. The van der Waals surface area contributed by atoms with Gasteiger partial charge in [0.1, 0.15) is 0 Å². The lowest BCUT2D eigenvalue weighted by atomic mass is 10.1. The maximum Gasteiger partial charge on any atom is 0.228 e. The van der Waals surface area contributed by atoms with E-state index in [2.05, 4.69) is 5.32 Å². The van der Waals surface area contributed by atoms with E-state index in [4.69, 9.17) is 11.6 Å². The molecule has 0 bridgehead atoms. The fourth-order valence-corrected chi connectivity index (χ4v) is 3.16. The molecule has 130 valence electrons. The molecule has 0 atom stereocenters. The summed E-state index contributed by atoms with van der Waals surface area (Å²) in [7, 11) is 0. The van der Waals surface area contributed by atoms with Crippen LogP contribution in [0.5, 0.6) is 0 Å². The average Bonchev–Trinajstić information content (AvgIpc) is 2.59. The minimum Gasteiger partial charge on any atom is -0.326 e. The van der Waals surface area contributed by atoms with Crippen molar-refractivity contribution >= 4 is 34.8 Å². The molecule has 1 heterocycles. The molecule has 0 unspecified atom stereocenters. The number of carbonyl (C=O) groups excluding carboxylic acids is 2. The molecule has 2 amide bonds. The molecule has 0 spiro atoms. The number of nitrogens with one attached hydrogen (secondary N) is 1. The number of hydrogen-bond donors (Lipinski definition) is 1. The van der Waals surface area contributed by atoms with Crippen molar-refractivity contribution in [2.45, 2.75) is 32.6 Å². The first kappa shape index (κ1) is 17.5. The lowest BCUT2D eigenvalue weighted by molar-refractivity contribution is -0.119. The molecule has 25 heavy (non-hydrogen) atoms. The van der Waals surface area contributed by atoms with Crippen LogP contribution >= 0.6 is 11.6 Å². The largest absolute Gasteiger partial charge is 0.326 e. The molecule has 2 aromatic rings. The van der Waals surface area contributed by atoms with E-state index in [0.717, 1.165) is 36.2 Å². The van der Waals surface area contributed by atoms with Gasteiger partial charge < -0.3 is 10.2 Å². The van der Waals surface area contributed by atoms with E-state index < -0.39 is 0 Å². The van der Waals surface area contributed by atoms with E-state index in [0.29, 0.717) is 17.1 Å². The fourth-order valence-electron chi connectivity index (χ4n) is 3.03. The molecule has 1 saturated heterocycles. The van der Waals surface area contributed by atoms with Gasteiger partial charge in [0.25, 0.3) is 0 Å². The van der Waals surface area contributed by atoms with E-state index in [9.17, 15) is 9.59 Å². The Hall–Kier alpha value is -2.33. The van der Waals surface area contributed by atoms with Crippen molar-refractivity contribution in [3.05, 3.63) is 58.6 Å². The van der Waals surface area contributed by atoms with Gasteiger partial charge in [0.2, 0.25) is 11.8 Å². The van der Waals surface area contributed by atoms with Crippen LogP contribution in [0.2, 0.25) is 5.02 Å². The molecule has 1 aliphatic heterocycles. The van der Waals surface area contributed by atoms with Crippen LogP contribution in [0.25, 0.3) is 0 Å². The summed E-state index contributed by atoms with van der Waals surface area (Å²) in [6.07, 6.45) is 2.83. The monoisotopic (exact) mass is 356 g/mol. The maximum atomic E-state index is 12.3. The summed E-state index contributed by atoms with van der Waals surface area (Å²) >= 11 is 5.86. The molecule has 0 aliphatic carbocycles. The number of halogens is 1. The molecule has 1 fully saturated rings. The van der Waals surface area contributed by atoms with Crippen LogP contribution in [0.4, 0.5) is 11.4 Å². The standard InChI is InChI=1S/C20H21ClN2O2/c1-14-5-10-17(13-18(14)23-11-3-2-4-20(23)25)22-19(24)12-15-6-8-16(21)9-7-15/h5-10,13H,2-4,11-12H2,1H3,(H,22,24). The van der Waals surface area contributed by atoms with Crippen LogP contribution in [0.3, 0.4) is 0 Å². The van der Waals surface area contributed by atoms with Crippen LogP contribution in [0.15, 0.2) is 42.5 Å². The van der Waals surface area contributed by atoms with Gasteiger partial charge in [-0.05, 0) is 55.2 Å². The number of benzene rings is 2. The molecule has 2 aromatic carbocycles. The van der Waals surface area contributed by atoms with Gasteiger partial charge in [0.15, 0.2) is 0 Å². The van der Waals surface area contributed by atoms with Gasteiger partial charge in [-0.15, -0.1) is 0 Å². The van der Waals surface area contributed by atoms with Crippen molar-refractivity contribution in [3.63, 3.8) is 0 Å². The topological polar surface area (TPSA) is 49.4 Å². The van der Waals surface area contributed by atoms with Gasteiger partial charge >= 0.3 is 0 Å². The first-order valence-corrected chi connectivity index (χ1v) is 8.86. The van der Waals surface area contributed by atoms with E-state index in [-0.39, 0.29) is 18.2 Å². The first-order chi connectivity index (χ1) is 12.0. The summed E-state index contributed by atoms with van der Waals surface area (Å²) in [5.41, 5.74) is 3.53. The van der Waals surface area contributed by atoms with Crippen LogP contribution in [0, 0.1) is 6.92 Å². The first-order valence-electron chi connectivity index (χ1n) is 8.48. The SMILES string of the molecule is Cc1ccc(NC(=O)Cc2ccc(Cl)cc2)cc1N1CCCCC1=O. The third-order valence-corrected chi connectivity index (χ3v) is 4.64. The van der Waals surface area contributed by atoms with Gasteiger partial charge in [0.05, 0.1) is 6.42 Å². The van der Waals surface area contributed by atoms with Crippen molar-refractivity contribution < 1.29 is 9.59 Å². The van der Waals surface area contributed by atoms with Crippen LogP contribution < -0.4 is 10.2 Å². The van der Waals surface area contributed by atoms with E-state index in [1.165, 1.54) is 0 Å². The molecule has 0 saturated carbocycles. The molecule has 5 heteroatoms. The zero-order valence-corrected chi connectivity index (χ0v) is 15.0. The highest BCUT2D eigenvalue weighted by Gasteiger charge is 2.21. The van der Waals surface area contributed by atoms with Crippen LogP contribution in [-0.4, -0.2) is 18.4 Å². The Morgan fingerprint density at radius 3 is 2.64 bits per heavy atom. The molecule has 1 N–H and O–H groups in total. The van der Waals surface area contributed by atoms with E-state index in [1.807, 2.05) is 42.2 Å². The minimum absolute atomic E-state index is 0.0953. The number of rotatable bonds is 4. The summed E-state index contributed by atoms with van der Waals surface area (Å²) in [6, 6.07) is 12.9. The van der Waals surface area contributed by atoms with Crippen LogP contribution in [0.1, 0.15) is 30.4 Å². The van der Waals surface area contributed by atoms with Gasteiger partial charge in [-0.1, -0.05) is 29.8 Å². The average molecular weight is 357 g/mol. The Labute approximate surface area is 152 Å². The van der Waals surface area contributed by atoms with E-state index >= 15 is 0 Å². The number of nitrogens with zero attached hydrogens (tertiary/aromatic N) is 1. The minimum atomic E-state index is -0.0953. The van der Waals surface area contributed by atoms with Crippen molar-refractivity contribution in [1.82, 2.24) is 0 Å². The molecule has 0 radical (unpaired) electrons. The predicted octanol–water partition coefficient (Wildman–Crippen LogP) is 4.35. The van der Waals surface area contributed by atoms with Crippen molar-refractivity contribution in [1.29, 1.82) is 0 Å². The summed E-state index contributed by atoms with van der Waals surface area (Å²) < 4.78 is 0. The summed E-state index contributed by atoms with van der Waals surface area (Å²) in [4.78, 5) is 26.3. The number of aryl methyl sites for hydroxylation is 1. The second-order valence-corrected chi connectivity index (χ2v) is 6.79. The number of amides is 2. The Morgan fingerprint density at radius 2 is 1.92 bits per heavy atom. The highest BCUT2D eigenvalue weighted by Crippen LogP contribution is 2.27. The van der Waals surface area contributed by atoms with E-state index in [1.54, 1.807) is 12.1 Å². The van der Waals surface area contributed by atoms with Gasteiger partial charge in [-0.3, -0.25) is 9.59 Å². The highest BCUT2D eigenvalue weighted by atomic mass is 35.5. The van der Waals surface area contributed by atoms with Crippen molar-refractivity contribution in [2.75, 3.05) is 16.8 Å². The lowest BCUT2D eigenvalue weighted by Crippen LogP contribution is -2.35. The third-order valence-electron chi connectivity index (χ3n) is 4.39. The van der Waals surface area contributed by atoms with Gasteiger partial charge in [-0.2, -0.15) is 0 Å². The molecular weight excluding hydrogens is 336 g/mol. The number of piperidine rings is 1. The summed E-state index contributed by atoms with van der Waals surface area (Å²) in [5, 5.41) is 3.57. The van der Waals surface area contributed by atoms with Crippen molar-refractivity contribution in [3.8, 4) is 0 Å². The highest BCUT2D eigenvalue weighted by molar-refractivity contribution is 6.30. The number of anilines is 2. The Kier molecular flexibility index (Phi) is 5.39. The zero-order valence-electron chi connectivity index (χ0n) is 14.2. The molecule has 4 nitrogen and oxygen atoms in total. The quantitative estimate of drug-likeness (QED) is 0.885. The predicted molar refractivity (Wildman–Crippen MR) is 101 cm³/mol. The third kappa shape index (κ3) is 4.40. The molecule has 3 rings (SSSR count). The zero-order chi connectivity index (χ0) is 17.8. The number of carbonyl (C=O) groups is 2. The maximum absolute atomic E-state index is 12.3. The smallest absolute Gasteiger partial charge is 0.228 e. The van der Waals surface area contributed by atoms with Gasteiger partial charge in [-0.25, -0.2) is 0 Å². The summed E-state index contributed by atoms with van der Waals surface area (Å²) in [5.74, 6) is 0.0566. The van der Waals surface area contributed by atoms with Gasteiger partial charge in [0, 0.05) is 29.4 Å². The Bertz CT molecular complexity index is 787. The number of hydrogen-bond acceptors (Lipinski definition) is 2. The second kappa shape index (κ2) is 7.70. The molecular formula is C20H21ClN2O2. The van der Waals surface area contributed by atoms with Crippen LogP contribution in [-0.2, 0) is 16.0 Å².